The summed E-state index contributed by atoms with van der Waals surface area (Å²) in [6.45, 7) is 10.8. The fourth-order valence-corrected chi connectivity index (χ4v) is 6.22. The van der Waals surface area contributed by atoms with Crippen LogP contribution in [-0.2, 0) is 17.6 Å². The van der Waals surface area contributed by atoms with Crippen LogP contribution in [0.5, 0.6) is 11.5 Å². The van der Waals surface area contributed by atoms with Gasteiger partial charge in [-0.05, 0) is 86.8 Å². The monoisotopic (exact) mass is 669 g/mol. The van der Waals surface area contributed by atoms with Crippen molar-refractivity contribution in [2.75, 3.05) is 26.4 Å². The number of nitrogens with two attached hydrogens (primary N) is 1. The highest BCUT2D eigenvalue weighted by atomic mass is 16.6. The van der Waals surface area contributed by atoms with E-state index in [0.717, 1.165) is 88.9 Å². The average Bonchev–Trinajstić information content (AvgIpc) is 3.47. The van der Waals surface area contributed by atoms with Crippen LogP contribution in [0, 0.1) is 0 Å². The molecule has 1 aliphatic rings. The summed E-state index contributed by atoms with van der Waals surface area (Å²) in [5.41, 5.74) is 8.11. The number of cyclic esters (lactones) is 1. The number of carbonyl (C=O) groups excluding carboxylic acids is 1. The highest BCUT2D eigenvalue weighted by molar-refractivity contribution is 5.70. The van der Waals surface area contributed by atoms with Crippen LogP contribution in [0.1, 0.15) is 142 Å². The second-order valence-corrected chi connectivity index (χ2v) is 13.8. The van der Waals surface area contributed by atoms with Crippen molar-refractivity contribution in [1.82, 2.24) is 5.32 Å². The van der Waals surface area contributed by atoms with E-state index in [1.807, 2.05) is 12.1 Å². The average molecular weight is 669 g/mol. The molecule has 0 radical (unpaired) electrons. The first-order chi connectivity index (χ1) is 23.3. The maximum Gasteiger partial charge on any atom is 0.407 e. The number of aliphatic hydroxyl groups is 1. The van der Waals surface area contributed by atoms with Crippen LogP contribution >= 0.6 is 0 Å². The molecule has 3 rings (SSSR count). The number of hydrogen-bond donors (Lipinski definition) is 3. The lowest BCUT2D eigenvalue weighted by Gasteiger charge is -2.26. The number of ether oxygens (including phenoxy) is 3. The van der Waals surface area contributed by atoms with E-state index in [2.05, 4.69) is 69.4 Å². The van der Waals surface area contributed by atoms with Crippen molar-refractivity contribution in [2.24, 2.45) is 5.73 Å². The number of nitrogens with one attached hydrogen (secondary N) is 1. The molecule has 272 valence electrons. The fraction of sp³-hybridized carbons (Fsp3) is 0.683. The number of alkyl carbamates (subject to hydrolysis) is 1. The summed E-state index contributed by atoms with van der Waals surface area (Å²) in [5.74, 6) is 1.89. The predicted molar refractivity (Wildman–Crippen MR) is 199 cm³/mol. The predicted octanol–water partition coefficient (Wildman–Crippen LogP) is 9.71. The first-order valence-electron chi connectivity index (χ1n) is 19.1. The van der Waals surface area contributed by atoms with Crippen molar-refractivity contribution >= 4 is 6.09 Å². The van der Waals surface area contributed by atoms with Gasteiger partial charge in [-0.2, -0.15) is 0 Å². The molecule has 2 unspecified atom stereocenters. The van der Waals surface area contributed by atoms with E-state index in [4.69, 9.17) is 19.9 Å². The van der Waals surface area contributed by atoms with E-state index in [-0.39, 0.29) is 18.2 Å². The quantitative estimate of drug-likeness (QED) is 0.0911. The number of benzene rings is 2. The number of carbonyl (C=O) groups is 1. The van der Waals surface area contributed by atoms with Gasteiger partial charge in [0.15, 0.2) is 0 Å². The fourth-order valence-electron chi connectivity index (χ4n) is 6.22. The first kappa shape index (κ1) is 41.4. The summed E-state index contributed by atoms with van der Waals surface area (Å²) < 4.78 is 16.7. The highest BCUT2D eigenvalue weighted by Crippen LogP contribution is 2.26. The van der Waals surface area contributed by atoms with Gasteiger partial charge in [-0.15, -0.1) is 0 Å². The molecule has 2 aromatic carbocycles. The molecule has 7 heteroatoms. The van der Waals surface area contributed by atoms with Crippen molar-refractivity contribution < 1.29 is 24.1 Å². The molecular weight excluding hydrogens is 600 g/mol. The topological polar surface area (TPSA) is 103 Å². The summed E-state index contributed by atoms with van der Waals surface area (Å²) in [6.07, 6.45) is 19.7. The summed E-state index contributed by atoms with van der Waals surface area (Å²) >= 11 is 0. The Kier molecular flexibility index (Phi) is 21.0. The zero-order valence-corrected chi connectivity index (χ0v) is 30.8. The number of unbranched alkanes of at least 4 members (excludes halogenated alkanes) is 8. The Bertz CT molecular complexity index is 1090. The van der Waals surface area contributed by atoms with Gasteiger partial charge in [-0.3, -0.25) is 0 Å². The molecule has 1 fully saturated rings. The van der Waals surface area contributed by atoms with E-state index < -0.39 is 5.54 Å². The number of hydrogen-bond acceptors (Lipinski definition) is 6. The van der Waals surface area contributed by atoms with Crippen LogP contribution in [0.15, 0.2) is 48.5 Å². The van der Waals surface area contributed by atoms with Gasteiger partial charge in [0, 0.05) is 5.54 Å². The molecule has 2 atom stereocenters. The maximum absolute atomic E-state index is 11.4. The van der Waals surface area contributed by atoms with Crippen LogP contribution in [0.2, 0.25) is 0 Å². The van der Waals surface area contributed by atoms with Crippen LogP contribution in [-0.4, -0.2) is 48.7 Å². The molecular formula is C41H68N2O5. The van der Waals surface area contributed by atoms with Crippen LogP contribution < -0.4 is 20.5 Å². The van der Waals surface area contributed by atoms with E-state index in [0.29, 0.717) is 6.61 Å². The molecule has 0 saturated carbocycles. The normalized spacial score (nSPS) is 16.8. The van der Waals surface area contributed by atoms with Crippen molar-refractivity contribution in [3.8, 4) is 11.5 Å². The Hall–Kier alpha value is -2.77. The molecule has 2 aromatic rings. The molecule has 48 heavy (non-hydrogen) atoms. The molecule has 0 aromatic heterocycles. The van der Waals surface area contributed by atoms with Crippen molar-refractivity contribution in [2.45, 2.75) is 154 Å². The molecule has 1 amide bonds. The summed E-state index contributed by atoms with van der Waals surface area (Å²) in [6, 6.07) is 16.7. The number of aryl methyl sites for hydroxylation is 2. The second-order valence-electron chi connectivity index (χ2n) is 13.8. The number of rotatable bonds is 25. The molecule has 0 spiro atoms. The maximum atomic E-state index is 11.4. The third kappa shape index (κ3) is 17.1. The molecule has 0 bridgehead atoms. The van der Waals surface area contributed by atoms with E-state index >= 15 is 0 Å². The van der Waals surface area contributed by atoms with E-state index in [1.165, 1.54) is 62.5 Å². The summed E-state index contributed by atoms with van der Waals surface area (Å²) in [4.78, 5) is 11.4. The van der Waals surface area contributed by atoms with Crippen molar-refractivity contribution in [3.63, 3.8) is 0 Å². The Morgan fingerprint density at radius 3 is 1.67 bits per heavy atom. The third-order valence-electron chi connectivity index (χ3n) is 9.32. The molecule has 0 aliphatic carbocycles. The number of aliphatic hydroxyl groups excluding tert-OH is 1. The molecule has 7 nitrogen and oxygen atoms in total. The minimum Gasteiger partial charge on any atom is -0.494 e. The van der Waals surface area contributed by atoms with Gasteiger partial charge in [-0.25, -0.2) is 4.79 Å². The SMILES string of the molecule is CCCCCCCOc1ccc(CCC(N)(CO)CCC)cc1.CCCCCCCOc1ccc(CCC2(CCC)COC(=O)N2)cc1. The standard InChI is InChI=1S/C21H33NO3.C20H35NO2/c1-3-5-6-7-8-16-24-19-11-9-18(10-12-19)13-15-21(14-4-2)17-25-20(23)22-21;1-3-5-6-7-8-16-23-19-11-9-18(10-12-19)13-15-20(21,17-22)14-4-2/h9-12H,3-8,13-17H2,1-2H3,(H,22,23);9-12,22H,3-8,13-17,21H2,1-2H3. The van der Waals surface area contributed by atoms with Gasteiger partial charge < -0.3 is 30.4 Å². The highest BCUT2D eigenvalue weighted by Gasteiger charge is 2.38. The van der Waals surface area contributed by atoms with Gasteiger partial charge in [0.1, 0.15) is 18.1 Å². The van der Waals surface area contributed by atoms with Gasteiger partial charge in [0.25, 0.3) is 0 Å². The van der Waals surface area contributed by atoms with Crippen LogP contribution in [0.3, 0.4) is 0 Å². The molecule has 1 heterocycles. The summed E-state index contributed by atoms with van der Waals surface area (Å²) in [5, 5.41) is 12.5. The largest absolute Gasteiger partial charge is 0.494 e. The number of amides is 1. The third-order valence-corrected chi connectivity index (χ3v) is 9.32. The zero-order valence-electron chi connectivity index (χ0n) is 30.8. The molecule has 1 aliphatic heterocycles. The van der Waals surface area contributed by atoms with Crippen LogP contribution in [0.25, 0.3) is 0 Å². The van der Waals surface area contributed by atoms with Gasteiger partial charge >= 0.3 is 6.09 Å². The molecule has 1 saturated heterocycles. The minimum absolute atomic E-state index is 0.0556. The van der Waals surface area contributed by atoms with Crippen LogP contribution in [0.4, 0.5) is 4.79 Å². The summed E-state index contributed by atoms with van der Waals surface area (Å²) in [7, 11) is 0. The zero-order chi connectivity index (χ0) is 34.9. The molecule has 4 N–H and O–H groups in total. The van der Waals surface area contributed by atoms with E-state index in [9.17, 15) is 9.90 Å². The van der Waals surface area contributed by atoms with Crippen molar-refractivity contribution in [1.29, 1.82) is 0 Å². The Morgan fingerprint density at radius 1 is 0.708 bits per heavy atom. The Balaban J connectivity index is 0.000000335. The smallest absolute Gasteiger partial charge is 0.407 e. The van der Waals surface area contributed by atoms with Gasteiger partial charge in [0.05, 0.1) is 25.4 Å². The Morgan fingerprint density at radius 2 is 1.23 bits per heavy atom. The first-order valence-corrected chi connectivity index (χ1v) is 19.1. The lowest BCUT2D eigenvalue weighted by atomic mass is 9.88. The van der Waals surface area contributed by atoms with E-state index in [1.54, 1.807) is 0 Å². The minimum atomic E-state index is -0.442. The van der Waals surface area contributed by atoms with Gasteiger partial charge in [-0.1, -0.05) is 116 Å². The lowest BCUT2D eigenvalue weighted by molar-refractivity contribution is 0.169. The second kappa shape index (κ2) is 24.4. The van der Waals surface area contributed by atoms with Gasteiger partial charge in [0.2, 0.25) is 0 Å². The lowest BCUT2D eigenvalue weighted by Crippen LogP contribution is -2.43. The van der Waals surface area contributed by atoms with Crippen molar-refractivity contribution in [3.05, 3.63) is 59.7 Å². The Labute approximate surface area is 292 Å².